The lowest BCUT2D eigenvalue weighted by atomic mass is 10.2. The van der Waals surface area contributed by atoms with E-state index in [2.05, 4.69) is 11.9 Å². The molecule has 0 aliphatic heterocycles. The normalized spacial score (nSPS) is 10.7. The highest BCUT2D eigenvalue weighted by Gasteiger charge is 2.22. The number of nitrogens with zero attached hydrogens (tertiary/aromatic N) is 1. The molecule has 0 unspecified atom stereocenters. The van der Waals surface area contributed by atoms with Crippen molar-refractivity contribution in [3.05, 3.63) is 30.9 Å². The highest BCUT2D eigenvalue weighted by atomic mass is 32.2. The number of anilines is 1. The van der Waals surface area contributed by atoms with Crippen LogP contribution in [0.4, 0.5) is 5.69 Å². The maximum absolute atomic E-state index is 12.1. The van der Waals surface area contributed by atoms with Gasteiger partial charge < -0.3 is 14.8 Å². The van der Waals surface area contributed by atoms with E-state index in [1.165, 1.54) is 14.2 Å². The number of amides is 1. The first-order chi connectivity index (χ1) is 10.8. The lowest BCUT2D eigenvalue weighted by molar-refractivity contribution is -0.120. The number of hydrogen-bond donors (Lipinski definition) is 1. The van der Waals surface area contributed by atoms with E-state index in [1.54, 1.807) is 24.3 Å². The zero-order chi connectivity index (χ0) is 17.5. The highest BCUT2D eigenvalue weighted by Crippen LogP contribution is 2.33. The Bertz CT molecular complexity index is 658. The Morgan fingerprint density at radius 1 is 1.35 bits per heavy atom. The van der Waals surface area contributed by atoms with Crippen LogP contribution in [-0.4, -0.2) is 47.9 Å². The van der Waals surface area contributed by atoms with Crippen molar-refractivity contribution in [2.45, 2.75) is 6.42 Å². The summed E-state index contributed by atoms with van der Waals surface area (Å²) in [6, 6.07) is 4.84. The zero-order valence-electron chi connectivity index (χ0n) is 13.5. The predicted octanol–water partition coefficient (Wildman–Crippen LogP) is 1.16. The SMILES string of the molecule is C=CCNC(=O)CCN(c1cc(OC)ccc1OC)S(C)(=O)=O. The molecule has 0 bridgehead atoms. The standard InChI is InChI=1S/C15H22N2O5S/c1-5-9-16-15(18)8-10-17(23(4,19)20)13-11-12(21-2)6-7-14(13)22-3/h5-7,11H,1,8-10H2,2-4H3,(H,16,18). The van der Waals surface area contributed by atoms with E-state index in [4.69, 9.17) is 9.47 Å². The predicted molar refractivity (Wildman–Crippen MR) is 89.6 cm³/mol. The fourth-order valence-electron chi connectivity index (χ4n) is 1.93. The van der Waals surface area contributed by atoms with Gasteiger partial charge in [0.2, 0.25) is 15.9 Å². The maximum Gasteiger partial charge on any atom is 0.232 e. The molecule has 0 saturated carbocycles. The molecule has 1 N–H and O–H groups in total. The first kappa shape index (κ1) is 18.8. The fraction of sp³-hybridized carbons (Fsp3) is 0.400. The summed E-state index contributed by atoms with van der Waals surface area (Å²) in [5.74, 6) is 0.605. The molecule has 1 aromatic carbocycles. The van der Waals surface area contributed by atoms with Gasteiger partial charge in [0, 0.05) is 25.6 Å². The molecule has 8 heteroatoms. The van der Waals surface area contributed by atoms with Crippen LogP contribution in [0.3, 0.4) is 0 Å². The number of sulfonamides is 1. The number of rotatable bonds is 9. The van der Waals surface area contributed by atoms with E-state index in [0.717, 1.165) is 10.6 Å². The third-order valence-corrected chi connectivity index (χ3v) is 4.22. The number of nitrogens with one attached hydrogen (secondary N) is 1. The van der Waals surface area contributed by atoms with Gasteiger partial charge in [0.15, 0.2) is 0 Å². The van der Waals surface area contributed by atoms with E-state index < -0.39 is 10.0 Å². The monoisotopic (exact) mass is 342 g/mol. The molecule has 0 aliphatic carbocycles. The number of carbonyl (C=O) groups is 1. The molecule has 0 heterocycles. The van der Waals surface area contributed by atoms with Gasteiger partial charge in [-0.25, -0.2) is 8.42 Å². The first-order valence-electron chi connectivity index (χ1n) is 6.90. The van der Waals surface area contributed by atoms with Crippen molar-refractivity contribution in [3.8, 4) is 11.5 Å². The lowest BCUT2D eigenvalue weighted by Crippen LogP contribution is -2.35. The van der Waals surface area contributed by atoms with Crippen LogP contribution in [0.2, 0.25) is 0 Å². The number of hydrogen-bond acceptors (Lipinski definition) is 5. The van der Waals surface area contributed by atoms with Crippen molar-refractivity contribution in [2.24, 2.45) is 0 Å². The minimum absolute atomic E-state index is 0.00859. The second kappa shape index (κ2) is 8.42. The highest BCUT2D eigenvalue weighted by molar-refractivity contribution is 7.92. The van der Waals surface area contributed by atoms with Gasteiger partial charge in [0.1, 0.15) is 11.5 Å². The Kier molecular flexibility index (Phi) is 6.89. The third-order valence-electron chi connectivity index (χ3n) is 3.04. The van der Waals surface area contributed by atoms with Crippen LogP contribution < -0.4 is 19.1 Å². The van der Waals surface area contributed by atoms with Crippen LogP contribution in [0.25, 0.3) is 0 Å². The molecule has 0 saturated heterocycles. The third kappa shape index (κ3) is 5.48. The van der Waals surface area contributed by atoms with E-state index in [-0.39, 0.29) is 18.9 Å². The number of ether oxygens (including phenoxy) is 2. The van der Waals surface area contributed by atoms with Crippen molar-refractivity contribution in [1.82, 2.24) is 5.32 Å². The van der Waals surface area contributed by atoms with Gasteiger partial charge in [-0.3, -0.25) is 9.10 Å². The van der Waals surface area contributed by atoms with E-state index in [9.17, 15) is 13.2 Å². The molecule has 1 rings (SSSR count). The van der Waals surface area contributed by atoms with Gasteiger partial charge in [0.25, 0.3) is 0 Å². The van der Waals surface area contributed by atoms with Crippen molar-refractivity contribution < 1.29 is 22.7 Å². The Balaban J connectivity index is 3.08. The summed E-state index contributed by atoms with van der Waals surface area (Å²) >= 11 is 0. The number of methoxy groups -OCH3 is 2. The van der Waals surface area contributed by atoms with E-state index in [0.29, 0.717) is 23.7 Å². The largest absolute Gasteiger partial charge is 0.497 e. The Morgan fingerprint density at radius 2 is 2.04 bits per heavy atom. The van der Waals surface area contributed by atoms with Crippen molar-refractivity contribution >= 4 is 21.6 Å². The molecule has 1 aromatic rings. The van der Waals surface area contributed by atoms with Gasteiger partial charge in [-0.2, -0.15) is 0 Å². The average Bonchev–Trinajstić information content (AvgIpc) is 2.51. The van der Waals surface area contributed by atoms with Crippen molar-refractivity contribution in [1.29, 1.82) is 0 Å². The molecule has 128 valence electrons. The van der Waals surface area contributed by atoms with Crippen molar-refractivity contribution in [2.75, 3.05) is 37.9 Å². The summed E-state index contributed by atoms with van der Waals surface area (Å²) in [5.41, 5.74) is 0.325. The molecule has 23 heavy (non-hydrogen) atoms. The minimum Gasteiger partial charge on any atom is -0.497 e. The summed E-state index contributed by atoms with van der Waals surface area (Å²) in [6.07, 6.45) is 2.64. The average molecular weight is 342 g/mol. The first-order valence-corrected chi connectivity index (χ1v) is 8.75. The molecule has 0 spiro atoms. The zero-order valence-corrected chi connectivity index (χ0v) is 14.4. The van der Waals surface area contributed by atoms with Crippen LogP contribution in [0, 0.1) is 0 Å². The van der Waals surface area contributed by atoms with Crippen LogP contribution >= 0.6 is 0 Å². The maximum atomic E-state index is 12.1. The minimum atomic E-state index is -3.59. The Hall–Kier alpha value is -2.22. The Morgan fingerprint density at radius 3 is 2.57 bits per heavy atom. The molecular formula is C15H22N2O5S. The Labute approximate surface area is 136 Å². The summed E-state index contributed by atoms with van der Waals surface area (Å²) in [4.78, 5) is 11.7. The van der Waals surface area contributed by atoms with Gasteiger partial charge in [-0.05, 0) is 12.1 Å². The summed E-state index contributed by atoms with van der Waals surface area (Å²) in [6.45, 7) is 3.83. The lowest BCUT2D eigenvalue weighted by Gasteiger charge is -2.24. The quantitative estimate of drug-likeness (QED) is 0.681. The van der Waals surface area contributed by atoms with Crippen LogP contribution in [0.5, 0.6) is 11.5 Å². The molecule has 7 nitrogen and oxygen atoms in total. The second-order valence-electron chi connectivity index (χ2n) is 4.72. The van der Waals surface area contributed by atoms with Crippen molar-refractivity contribution in [3.63, 3.8) is 0 Å². The van der Waals surface area contributed by atoms with E-state index >= 15 is 0 Å². The van der Waals surface area contributed by atoms with Crippen LogP contribution in [-0.2, 0) is 14.8 Å². The van der Waals surface area contributed by atoms with E-state index in [1.807, 2.05) is 0 Å². The van der Waals surface area contributed by atoms with Crippen LogP contribution in [0.15, 0.2) is 30.9 Å². The molecule has 0 aromatic heterocycles. The summed E-state index contributed by atoms with van der Waals surface area (Å²) in [5, 5.41) is 2.61. The smallest absolute Gasteiger partial charge is 0.232 e. The van der Waals surface area contributed by atoms with Gasteiger partial charge in [-0.15, -0.1) is 6.58 Å². The topological polar surface area (TPSA) is 84.9 Å². The summed E-state index contributed by atoms with van der Waals surface area (Å²) < 4.78 is 35.7. The molecule has 0 radical (unpaired) electrons. The fourth-order valence-corrected chi connectivity index (χ4v) is 2.86. The molecule has 1 amide bonds. The molecule has 0 aliphatic rings. The van der Waals surface area contributed by atoms with Gasteiger partial charge >= 0.3 is 0 Å². The molecular weight excluding hydrogens is 320 g/mol. The second-order valence-corrected chi connectivity index (χ2v) is 6.62. The molecule has 0 atom stereocenters. The van der Waals surface area contributed by atoms with Gasteiger partial charge in [0.05, 0.1) is 26.2 Å². The number of carbonyl (C=O) groups excluding carboxylic acids is 1. The summed E-state index contributed by atoms with van der Waals surface area (Å²) in [7, 11) is -0.662. The number of benzene rings is 1. The van der Waals surface area contributed by atoms with Crippen LogP contribution in [0.1, 0.15) is 6.42 Å². The van der Waals surface area contributed by atoms with Gasteiger partial charge in [-0.1, -0.05) is 6.08 Å². The molecule has 0 fully saturated rings.